The molecule has 3 heterocycles. The molecule has 2 aliphatic heterocycles. The number of methoxy groups -OCH3 is 1. The van der Waals surface area contributed by atoms with Crippen molar-refractivity contribution < 1.29 is 18.3 Å². The van der Waals surface area contributed by atoms with Gasteiger partial charge in [-0.15, -0.1) is 0 Å². The Morgan fingerprint density at radius 1 is 0.950 bits per heavy atom. The van der Waals surface area contributed by atoms with Crippen LogP contribution >= 0.6 is 24.0 Å². The zero-order valence-electron chi connectivity index (χ0n) is 22.8. The van der Waals surface area contributed by atoms with Gasteiger partial charge in [-0.3, -0.25) is 0 Å². The van der Waals surface area contributed by atoms with Crippen LogP contribution in [0.1, 0.15) is 31.2 Å². The highest BCUT2D eigenvalue weighted by Gasteiger charge is 2.23. The van der Waals surface area contributed by atoms with Crippen molar-refractivity contribution in [3.05, 3.63) is 53.9 Å². The molecule has 0 unspecified atom stereocenters. The number of fused-ring (bicyclic) bond motifs is 1. The van der Waals surface area contributed by atoms with Crippen LogP contribution in [0, 0.1) is 11.6 Å². The Labute approximate surface area is 243 Å². The van der Waals surface area contributed by atoms with Gasteiger partial charge < -0.3 is 24.2 Å². The number of thiocarbonyl (C=S) groups is 1. The maximum Gasteiger partial charge on any atom is 0.163 e. The van der Waals surface area contributed by atoms with Gasteiger partial charge in [0.15, 0.2) is 23.1 Å². The normalized spacial score (nSPS) is 16.4. The van der Waals surface area contributed by atoms with Crippen LogP contribution < -0.4 is 14.4 Å². The number of hydrogen-bond acceptors (Lipinski definition) is 8. The number of aromatic nitrogens is 2. The van der Waals surface area contributed by atoms with Gasteiger partial charge >= 0.3 is 0 Å². The van der Waals surface area contributed by atoms with Crippen LogP contribution in [-0.2, 0) is 5.75 Å². The van der Waals surface area contributed by atoms with E-state index in [1.807, 2.05) is 12.1 Å². The SMILES string of the molecule is COc1cc2c(N3CCN(C(=S)SCc4ccc(F)c(F)c4)CC3)ncnc2cc1OCCCN1CCCCC1. The number of benzene rings is 2. The van der Waals surface area contributed by atoms with Crippen LogP contribution in [0.25, 0.3) is 10.9 Å². The van der Waals surface area contributed by atoms with E-state index in [1.165, 1.54) is 50.2 Å². The fourth-order valence-electron chi connectivity index (χ4n) is 5.19. The third-order valence-electron chi connectivity index (χ3n) is 7.41. The number of likely N-dealkylation sites (tertiary alicyclic amines) is 1. The van der Waals surface area contributed by atoms with Crippen molar-refractivity contribution in [2.24, 2.45) is 0 Å². The van der Waals surface area contributed by atoms with Gasteiger partial charge in [0.1, 0.15) is 16.5 Å². The van der Waals surface area contributed by atoms with Gasteiger partial charge in [-0.1, -0.05) is 36.5 Å². The monoisotopic (exact) mass is 587 g/mol. The fraction of sp³-hybridized carbons (Fsp3) is 0.483. The molecule has 7 nitrogen and oxygen atoms in total. The number of piperazine rings is 1. The lowest BCUT2D eigenvalue weighted by atomic mass is 10.1. The number of ether oxygens (including phenoxy) is 2. The average Bonchev–Trinajstić information content (AvgIpc) is 2.99. The summed E-state index contributed by atoms with van der Waals surface area (Å²) in [5.41, 5.74) is 1.52. The Morgan fingerprint density at radius 3 is 2.50 bits per heavy atom. The maximum atomic E-state index is 13.5. The van der Waals surface area contributed by atoms with Crippen molar-refractivity contribution in [1.29, 1.82) is 0 Å². The van der Waals surface area contributed by atoms with Crippen molar-refractivity contribution >= 4 is 45.0 Å². The molecule has 0 amide bonds. The van der Waals surface area contributed by atoms with Crippen LogP contribution in [0.2, 0.25) is 0 Å². The van der Waals surface area contributed by atoms with E-state index >= 15 is 0 Å². The first kappa shape index (κ1) is 28.8. The summed E-state index contributed by atoms with van der Waals surface area (Å²) in [5, 5.41) is 0.920. The number of nitrogens with zero attached hydrogens (tertiary/aromatic N) is 5. The molecule has 2 saturated heterocycles. The summed E-state index contributed by atoms with van der Waals surface area (Å²) in [6, 6.07) is 7.88. The summed E-state index contributed by atoms with van der Waals surface area (Å²) in [6.07, 6.45) is 6.50. The minimum Gasteiger partial charge on any atom is -0.493 e. The molecule has 2 aromatic carbocycles. The lowest BCUT2D eigenvalue weighted by Crippen LogP contribution is -2.48. The van der Waals surface area contributed by atoms with Crippen LogP contribution in [0.15, 0.2) is 36.7 Å². The number of halogens is 2. The molecule has 0 aliphatic carbocycles. The molecular weight excluding hydrogens is 552 g/mol. The average molecular weight is 588 g/mol. The van der Waals surface area contributed by atoms with E-state index in [9.17, 15) is 8.78 Å². The highest BCUT2D eigenvalue weighted by molar-refractivity contribution is 8.22. The van der Waals surface area contributed by atoms with E-state index in [1.54, 1.807) is 19.5 Å². The third-order valence-corrected chi connectivity index (χ3v) is 9.00. The van der Waals surface area contributed by atoms with Crippen molar-refractivity contribution in [2.45, 2.75) is 31.4 Å². The smallest absolute Gasteiger partial charge is 0.163 e. The van der Waals surface area contributed by atoms with Gasteiger partial charge in [0, 0.05) is 49.9 Å². The first-order valence-electron chi connectivity index (χ1n) is 13.8. The van der Waals surface area contributed by atoms with E-state index < -0.39 is 11.6 Å². The number of piperidine rings is 1. The van der Waals surface area contributed by atoms with Crippen LogP contribution in [0.5, 0.6) is 11.5 Å². The number of hydrogen-bond donors (Lipinski definition) is 0. The minimum atomic E-state index is -0.839. The maximum absolute atomic E-state index is 13.5. The predicted octanol–water partition coefficient (Wildman–Crippen LogP) is 5.51. The lowest BCUT2D eigenvalue weighted by molar-refractivity contribution is 0.203. The van der Waals surface area contributed by atoms with E-state index in [-0.39, 0.29) is 0 Å². The Bertz CT molecular complexity index is 1320. The molecule has 0 saturated carbocycles. The number of rotatable bonds is 9. The molecule has 2 fully saturated rings. The third kappa shape index (κ3) is 7.11. The molecule has 1 aromatic heterocycles. The van der Waals surface area contributed by atoms with Crippen molar-refractivity contribution in [1.82, 2.24) is 19.8 Å². The summed E-state index contributed by atoms with van der Waals surface area (Å²) < 4.78 is 39.3. The zero-order chi connectivity index (χ0) is 27.9. The van der Waals surface area contributed by atoms with Gasteiger partial charge in [0.05, 0.1) is 19.2 Å². The molecule has 0 spiro atoms. The zero-order valence-corrected chi connectivity index (χ0v) is 24.4. The minimum absolute atomic E-state index is 0.495. The molecule has 0 atom stereocenters. The number of anilines is 1. The Balaban J connectivity index is 1.17. The van der Waals surface area contributed by atoms with E-state index in [0.29, 0.717) is 29.4 Å². The molecule has 3 aromatic rings. The predicted molar refractivity (Wildman–Crippen MR) is 161 cm³/mol. The molecule has 214 valence electrons. The quantitative estimate of drug-likeness (QED) is 0.238. The Kier molecular flexibility index (Phi) is 9.88. The first-order chi connectivity index (χ1) is 19.5. The Hall–Kier alpha value is -2.76. The molecule has 5 rings (SSSR count). The summed E-state index contributed by atoms with van der Waals surface area (Å²) in [7, 11) is 1.66. The summed E-state index contributed by atoms with van der Waals surface area (Å²) >= 11 is 7.10. The van der Waals surface area contributed by atoms with Gasteiger partial charge in [0.25, 0.3) is 0 Å². The highest BCUT2D eigenvalue weighted by Crippen LogP contribution is 2.35. The summed E-state index contributed by atoms with van der Waals surface area (Å²) in [5.74, 6) is 1.06. The second-order valence-corrected chi connectivity index (χ2v) is 11.7. The van der Waals surface area contributed by atoms with Crippen LogP contribution in [-0.4, -0.2) is 83.6 Å². The molecule has 0 N–H and O–H groups in total. The lowest BCUT2D eigenvalue weighted by Gasteiger charge is -2.36. The molecule has 11 heteroatoms. The Morgan fingerprint density at radius 2 is 1.75 bits per heavy atom. The van der Waals surface area contributed by atoms with Crippen molar-refractivity contribution in [3.8, 4) is 11.5 Å². The molecule has 0 radical (unpaired) electrons. The van der Waals surface area contributed by atoms with Gasteiger partial charge in [-0.25, -0.2) is 18.7 Å². The fourth-order valence-corrected chi connectivity index (χ4v) is 6.39. The van der Waals surface area contributed by atoms with Gasteiger partial charge in [-0.2, -0.15) is 0 Å². The standard InChI is InChI=1S/C29H35F2N5O2S2/c1-37-26-17-22-25(18-27(26)38-15-5-10-34-8-3-2-4-9-34)32-20-33-28(22)35-11-13-36(14-12-35)29(39)40-19-21-6-7-23(30)24(31)16-21/h6-7,16-18,20H,2-5,8-15,19H2,1H3. The summed E-state index contributed by atoms with van der Waals surface area (Å²) in [4.78, 5) is 16.0. The van der Waals surface area contributed by atoms with E-state index in [0.717, 1.165) is 66.3 Å². The van der Waals surface area contributed by atoms with E-state index in [4.69, 9.17) is 21.7 Å². The van der Waals surface area contributed by atoms with Gasteiger partial charge in [-0.05, 0) is 56.1 Å². The topological polar surface area (TPSA) is 54.0 Å². The first-order valence-corrected chi connectivity index (χ1v) is 15.2. The number of thioether (sulfide) groups is 1. The van der Waals surface area contributed by atoms with Crippen molar-refractivity contribution in [3.63, 3.8) is 0 Å². The molecule has 2 aliphatic rings. The second-order valence-electron chi connectivity index (χ2n) is 10.1. The summed E-state index contributed by atoms with van der Waals surface area (Å²) in [6.45, 7) is 7.04. The van der Waals surface area contributed by atoms with Crippen LogP contribution in [0.4, 0.5) is 14.6 Å². The molecular formula is C29H35F2N5O2S2. The molecule has 0 bridgehead atoms. The largest absolute Gasteiger partial charge is 0.493 e. The molecule has 40 heavy (non-hydrogen) atoms. The van der Waals surface area contributed by atoms with Crippen molar-refractivity contribution in [2.75, 3.05) is 64.4 Å². The highest BCUT2D eigenvalue weighted by atomic mass is 32.2. The van der Waals surface area contributed by atoms with Gasteiger partial charge in [0.2, 0.25) is 0 Å². The van der Waals surface area contributed by atoms with E-state index in [2.05, 4.69) is 24.7 Å². The van der Waals surface area contributed by atoms with Crippen LogP contribution in [0.3, 0.4) is 0 Å². The second kappa shape index (κ2) is 13.7.